The standard InChI is InChI=1S/C17H22N2O3S2/c1-12-9-14(5-7-16(12)23-4)22-15-6-8-17(24(18,20)21)13(10-15)11-19(2)3/h5-10H,11H2,1-4H3,(H2,18,20,21). The summed E-state index contributed by atoms with van der Waals surface area (Å²) in [5.41, 5.74) is 1.74. The third kappa shape index (κ3) is 4.73. The van der Waals surface area contributed by atoms with Crippen LogP contribution in [0.3, 0.4) is 0 Å². The maximum absolute atomic E-state index is 11.7. The number of nitrogens with two attached hydrogens (primary N) is 1. The summed E-state index contributed by atoms with van der Waals surface area (Å²) >= 11 is 1.68. The summed E-state index contributed by atoms with van der Waals surface area (Å²) in [5, 5.41) is 5.30. The summed E-state index contributed by atoms with van der Waals surface area (Å²) in [7, 11) is -0.0374. The number of thioether (sulfide) groups is 1. The first-order chi connectivity index (χ1) is 11.2. The molecule has 0 aliphatic carbocycles. The van der Waals surface area contributed by atoms with Crippen molar-refractivity contribution in [3.63, 3.8) is 0 Å². The number of primary sulfonamides is 1. The molecule has 2 rings (SSSR count). The van der Waals surface area contributed by atoms with Crippen molar-refractivity contribution in [1.82, 2.24) is 4.90 Å². The number of rotatable bonds is 6. The minimum atomic E-state index is -3.77. The van der Waals surface area contributed by atoms with Crippen LogP contribution in [0, 0.1) is 6.92 Å². The van der Waals surface area contributed by atoms with E-state index in [1.807, 2.05) is 50.4 Å². The minimum absolute atomic E-state index is 0.123. The van der Waals surface area contributed by atoms with Gasteiger partial charge in [-0.15, -0.1) is 11.8 Å². The van der Waals surface area contributed by atoms with Gasteiger partial charge < -0.3 is 9.64 Å². The Morgan fingerprint density at radius 2 is 1.75 bits per heavy atom. The van der Waals surface area contributed by atoms with Gasteiger partial charge in [-0.05, 0) is 74.8 Å². The van der Waals surface area contributed by atoms with Gasteiger partial charge in [0.1, 0.15) is 11.5 Å². The van der Waals surface area contributed by atoms with E-state index in [0.29, 0.717) is 23.6 Å². The predicted octanol–water partition coefficient (Wildman–Crippen LogP) is 3.22. The first kappa shape index (κ1) is 18.8. The van der Waals surface area contributed by atoms with Crippen molar-refractivity contribution in [1.29, 1.82) is 0 Å². The average molecular weight is 367 g/mol. The van der Waals surface area contributed by atoms with Gasteiger partial charge in [-0.3, -0.25) is 0 Å². The molecule has 0 amide bonds. The average Bonchev–Trinajstić information content (AvgIpc) is 2.45. The highest BCUT2D eigenvalue weighted by atomic mass is 32.2. The largest absolute Gasteiger partial charge is 0.457 e. The van der Waals surface area contributed by atoms with Crippen molar-refractivity contribution in [3.05, 3.63) is 47.5 Å². The number of ether oxygens (including phenoxy) is 1. The van der Waals surface area contributed by atoms with Crippen LogP contribution in [0.25, 0.3) is 0 Å². The second-order valence-electron chi connectivity index (χ2n) is 5.79. The molecule has 0 aromatic heterocycles. The van der Waals surface area contributed by atoms with Gasteiger partial charge in [0.15, 0.2) is 0 Å². The summed E-state index contributed by atoms with van der Waals surface area (Å²) in [6, 6.07) is 10.7. The van der Waals surface area contributed by atoms with Crippen LogP contribution in [0.4, 0.5) is 0 Å². The van der Waals surface area contributed by atoms with E-state index in [1.54, 1.807) is 23.9 Å². The normalized spacial score (nSPS) is 11.8. The second-order valence-corrected chi connectivity index (χ2v) is 8.16. The highest BCUT2D eigenvalue weighted by Gasteiger charge is 2.16. The summed E-state index contributed by atoms with van der Waals surface area (Å²) < 4.78 is 29.4. The Morgan fingerprint density at radius 3 is 2.29 bits per heavy atom. The van der Waals surface area contributed by atoms with Crippen molar-refractivity contribution in [2.24, 2.45) is 5.14 Å². The molecule has 0 saturated carbocycles. The van der Waals surface area contributed by atoms with E-state index in [0.717, 1.165) is 5.56 Å². The number of sulfonamides is 1. The molecule has 2 N–H and O–H groups in total. The lowest BCUT2D eigenvalue weighted by atomic mass is 10.2. The number of hydrogen-bond acceptors (Lipinski definition) is 5. The van der Waals surface area contributed by atoms with E-state index in [4.69, 9.17) is 9.88 Å². The maximum atomic E-state index is 11.7. The molecule has 0 saturated heterocycles. The molecule has 0 aliphatic rings. The Bertz CT molecular complexity index is 834. The van der Waals surface area contributed by atoms with E-state index < -0.39 is 10.0 Å². The summed E-state index contributed by atoms with van der Waals surface area (Å²) in [6.07, 6.45) is 2.03. The van der Waals surface area contributed by atoms with Crippen molar-refractivity contribution >= 4 is 21.8 Å². The molecular weight excluding hydrogens is 344 g/mol. The minimum Gasteiger partial charge on any atom is -0.457 e. The summed E-state index contributed by atoms with van der Waals surface area (Å²) in [6.45, 7) is 2.48. The van der Waals surface area contributed by atoms with Gasteiger partial charge in [0.25, 0.3) is 0 Å². The molecule has 0 fully saturated rings. The van der Waals surface area contributed by atoms with Crippen LogP contribution in [0.15, 0.2) is 46.2 Å². The molecule has 130 valence electrons. The molecule has 0 unspecified atom stereocenters. The molecule has 0 spiro atoms. The van der Waals surface area contributed by atoms with Crippen molar-refractivity contribution in [2.45, 2.75) is 23.3 Å². The van der Waals surface area contributed by atoms with Crippen molar-refractivity contribution in [3.8, 4) is 11.5 Å². The lowest BCUT2D eigenvalue weighted by molar-refractivity contribution is 0.396. The molecule has 2 aromatic carbocycles. The Kier molecular flexibility index (Phi) is 5.92. The fraction of sp³-hybridized carbons (Fsp3) is 0.294. The van der Waals surface area contributed by atoms with Crippen LogP contribution in [0.2, 0.25) is 0 Å². The zero-order valence-electron chi connectivity index (χ0n) is 14.2. The zero-order chi connectivity index (χ0) is 17.9. The van der Waals surface area contributed by atoms with Crippen molar-refractivity contribution in [2.75, 3.05) is 20.4 Å². The van der Waals surface area contributed by atoms with Gasteiger partial charge in [0.2, 0.25) is 10.0 Å². The molecule has 0 bridgehead atoms. The Labute approximate surface area is 147 Å². The molecule has 2 aromatic rings. The summed E-state index contributed by atoms with van der Waals surface area (Å²) in [5.74, 6) is 1.29. The highest BCUT2D eigenvalue weighted by Crippen LogP contribution is 2.29. The summed E-state index contributed by atoms with van der Waals surface area (Å²) in [4.78, 5) is 3.20. The monoisotopic (exact) mass is 366 g/mol. The van der Waals surface area contributed by atoms with E-state index in [1.165, 1.54) is 11.0 Å². The second kappa shape index (κ2) is 7.57. The topological polar surface area (TPSA) is 72.6 Å². The Hall–Kier alpha value is -1.54. The van der Waals surface area contributed by atoms with Crippen LogP contribution in [-0.2, 0) is 16.6 Å². The van der Waals surface area contributed by atoms with E-state index in [-0.39, 0.29) is 4.90 Å². The SMILES string of the molecule is CSc1ccc(Oc2ccc(S(N)(=O)=O)c(CN(C)C)c2)cc1C. The lowest BCUT2D eigenvalue weighted by Gasteiger charge is -2.15. The molecule has 5 nitrogen and oxygen atoms in total. The zero-order valence-corrected chi connectivity index (χ0v) is 15.9. The van der Waals surface area contributed by atoms with Gasteiger partial charge in [0, 0.05) is 11.4 Å². The third-order valence-corrected chi connectivity index (χ3v) is 5.34. The van der Waals surface area contributed by atoms with Crippen LogP contribution in [-0.4, -0.2) is 33.7 Å². The fourth-order valence-corrected chi connectivity index (χ4v) is 3.74. The van der Waals surface area contributed by atoms with E-state index in [2.05, 4.69) is 0 Å². The quantitative estimate of drug-likeness (QED) is 0.795. The smallest absolute Gasteiger partial charge is 0.238 e. The fourth-order valence-electron chi connectivity index (χ4n) is 2.41. The number of hydrogen-bond donors (Lipinski definition) is 1. The van der Waals surface area contributed by atoms with Gasteiger partial charge >= 0.3 is 0 Å². The first-order valence-electron chi connectivity index (χ1n) is 7.33. The van der Waals surface area contributed by atoms with E-state index >= 15 is 0 Å². The van der Waals surface area contributed by atoms with E-state index in [9.17, 15) is 8.42 Å². The Morgan fingerprint density at radius 1 is 1.12 bits per heavy atom. The maximum Gasteiger partial charge on any atom is 0.238 e. The lowest BCUT2D eigenvalue weighted by Crippen LogP contribution is -2.18. The van der Waals surface area contributed by atoms with Gasteiger partial charge in [0.05, 0.1) is 4.90 Å². The molecule has 0 heterocycles. The number of aryl methyl sites for hydroxylation is 1. The number of nitrogens with zero attached hydrogens (tertiary/aromatic N) is 1. The van der Waals surface area contributed by atoms with Crippen LogP contribution >= 0.6 is 11.8 Å². The third-order valence-electron chi connectivity index (χ3n) is 3.43. The molecule has 0 atom stereocenters. The van der Waals surface area contributed by atoms with Gasteiger partial charge in [-0.2, -0.15) is 0 Å². The number of benzene rings is 2. The molecule has 24 heavy (non-hydrogen) atoms. The van der Waals surface area contributed by atoms with Crippen LogP contribution in [0.5, 0.6) is 11.5 Å². The highest BCUT2D eigenvalue weighted by molar-refractivity contribution is 7.98. The predicted molar refractivity (Wildman–Crippen MR) is 98.2 cm³/mol. The van der Waals surface area contributed by atoms with Crippen LogP contribution in [0.1, 0.15) is 11.1 Å². The molecule has 7 heteroatoms. The van der Waals surface area contributed by atoms with Crippen molar-refractivity contribution < 1.29 is 13.2 Å². The van der Waals surface area contributed by atoms with Gasteiger partial charge in [-0.1, -0.05) is 0 Å². The van der Waals surface area contributed by atoms with Crippen LogP contribution < -0.4 is 9.88 Å². The van der Waals surface area contributed by atoms with Gasteiger partial charge in [-0.25, -0.2) is 13.6 Å². The first-order valence-corrected chi connectivity index (χ1v) is 10.1. The Balaban J connectivity index is 2.36. The molecule has 0 radical (unpaired) electrons. The molecular formula is C17H22N2O3S2. The molecule has 0 aliphatic heterocycles.